The summed E-state index contributed by atoms with van der Waals surface area (Å²) in [5, 5.41) is 9.58. The van der Waals surface area contributed by atoms with Gasteiger partial charge in [0.15, 0.2) is 0 Å². The first-order chi connectivity index (χ1) is 7.78. The molecule has 2 rings (SSSR count). The lowest BCUT2D eigenvalue weighted by Crippen LogP contribution is -2.11. The molecule has 0 radical (unpaired) electrons. The summed E-state index contributed by atoms with van der Waals surface area (Å²) in [6.45, 7) is 5.36. The molecule has 2 aromatic rings. The highest BCUT2D eigenvalue weighted by atomic mass is 79.9. The molecule has 2 heterocycles. The summed E-state index contributed by atoms with van der Waals surface area (Å²) in [7, 11) is 0. The number of thiophene rings is 1. The SMILES string of the molecule is C=Cn1cc(CNCc2cc(Br)cs2)cn1. The molecule has 16 heavy (non-hydrogen) atoms. The predicted octanol–water partition coefficient (Wildman–Crippen LogP) is 3.10. The quantitative estimate of drug-likeness (QED) is 0.919. The topological polar surface area (TPSA) is 29.9 Å². The Bertz CT molecular complexity index is 475. The van der Waals surface area contributed by atoms with Crippen molar-refractivity contribution in [3.8, 4) is 0 Å². The maximum Gasteiger partial charge on any atom is 0.0538 e. The zero-order chi connectivity index (χ0) is 11.4. The van der Waals surface area contributed by atoms with Crippen molar-refractivity contribution in [3.63, 3.8) is 0 Å². The van der Waals surface area contributed by atoms with E-state index in [2.05, 4.69) is 44.4 Å². The van der Waals surface area contributed by atoms with E-state index in [0.29, 0.717) is 0 Å². The van der Waals surface area contributed by atoms with Crippen molar-refractivity contribution in [2.24, 2.45) is 0 Å². The second kappa shape index (κ2) is 5.43. The van der Waals surface area contributed by atoms with Crippen molar-refractivity contribution < 1.29 is 0 Å². The smallest absolute Gasteiger partial charge is 0.0538 e. The van der Waals surface area contributed by atoms with E-state index < -0.39 is 0 Å². The Labute approximate surface area is 107 Å². The highest BCUT2D eigenvalue weighted by Crippen LogP contribution is 2.19. The van der Waals surface area contributed by atoms with E-state index >= 15 is 0 Å². The number of hydrogen-bond acceptors (Lipinski definition) is 3. The van der Waals surface area contributed by atoms with Crippen molar-refractivity contribution in [1.29, 1.82) is 0 Å². The summed E-state index contributed by atoms with van der Waals surface area (Å²) in [6.07, 6.45) is 5.49. The van der Waals surface area contributed by atoms with E-state index in [-0.39, 0.29) is 0 Å². The van der Waals surface area contributed by atoms with Gasteiger partial charge in [-0.25, -0.2) is 4.68 Å². The summed E-state index contributed by atoms with van der Waals surface area (Å²) in [4.78, 5) is 1.32. The highest BCUT2D eigenvalue weighted by Gasteiger charge is 1.99. The van der Waals surface area contributed by atoms with Gasteiger partial charge in [-0.1, -0.05) is 6.58 Å². The highest BCUT2D eigenvalue weighted by molar-refractivity contribution is 9.10. The molecule has 3 nitrogen and oxygen atoms in total. The van der Waals surface area contributed by atoms with Gasteiger partial charge in [-0.2, -0.15) is 5.10 Å². The molecule has 84 valence electrons. The van der Waals surface area contributed by atoms with Crippen molar-refractivity contribution in [2.75, 3.05) is 0 Å². The van der Waals surface area contributed by atoms with Gasteiger partial charge in [0.25, 0.3) is 0 Å². The minimum atomic E-state index is 0.823. The van der Waals surface area contributed by atoms with Gasteiger partial charge in [0, 0.05) is 45.8 Å². The summed E-state index contributed by atoms with van der Waals surface area (Å²) >= 11 is 5.19. The zero-order valence-electron chi connectivity index (χ0n) is 8.69. The Kier molecular flexibility index (Phi) is 3.93. The van der Waals surface area contributed by atoms with E-state index in [1.165, 1.54) is 4.88 Å². The van der Waals surface area contributed by atoms with Crippen LogP contribution in [-0.4, -0.2) is 9.78 Å². The molecule has 0 amide bonds. The monoisotopic (exact) mass is 297 g/mol. The van der Waals surface area contributed by atoms with Crippen LogP contribution in [0.2, 0.25) is 0 Å². The second-order valence-electron chi connectivity index (χ2n) is 3.35. The van der Waals surface area contributed by atoms with Crippen molar-refractivity contribution >= 4 is 33.5 Å². The van der Waals surface area contributed by atoms with Crippen LogP contribution in [0.1, 0.15) is 10.4 Å². The third-order valence-corrected chi connectivity index (χ3v) is 3.79. The minimum absolute atomic E-state index is 0.823. The molecule has 0 saturated heterocycles. The molecule has 0 aromatic carbocycles. The van der Waals surface area contributed by atoms with Crippen LogP contribution in [0.4, 0.5) is 0 Å². The van der Waals surface area contributed by atoms with Crippen LogP contribution in [0.15, 0.2) is 34.9 Å². The van der Waals surface area contributed by atoms with Gasteiger partial charge >= 0.3 is 0 Å². The number of halogens is 1. The van der Waals surface area contributed by atoms with Gasteiger partial charge in [0.05, 0.1) is 6.20 Å². The molecule has 0 aliphatic rings. The number of aromatic nitrogens is 2. The number of nitrogens with one attached hydrogen (secondary N) is 1. The molecule has 0 atom stereocenters. The van der Waals surface area contributed by atoms with Crippen LogP contribution in [-0.2, 0) is 13.1 Å². The Morgan fingerprint density at radius 1 is 1.56 bits per heavy atom. The van der Waals surface area contributed by atoms with Gasteiger partial charge in [-0.15, -0.1) is 11.3 Å². The lowest BCUT2D eigenvalue weighted by Gasteiger charge is -1.99. The zero-order valence-corrected chi connectivity index (χ0v) is 11.1. The fraction of sp³-hybridized carbons (Fsp3) is 0.182. The molecule has 0 unspecified atom stereocenters. The third-order valence-electron chi connectivity index (χ3n) is 2.09. The first-order valence-electron chi connectivity index (χ1n) is 4.87. The first-order valence-corrected chi connectivity index (χ1v) is 6.54. The average Bonchev–Trinajstić information content (AvgIpc) is 2.88. The van der Waals surface area contributed by atoms with Gasteiger partial charge in [0.2, 0.25) is 0 Å². The molecule has 0 spiro atoms. The van der Waals surface area contributed by atoms with Crippen molar-refractivity contribution in [1.82, 2.24) is 15.1 Å². The summed E-state index contributed by atoms with van der Waals surface area (Å²) in [5.41, 5.74) is 1.16. The number of rotatable bonds is 5. The van der Waals surface area contributed by atoms with Crippen LogP contribution < -0.4 is 5.32 Å². The Morgan fingerprint density at radius 2 is 2.44 bits per heavy atom. The van der Waals surface area contributed by atoms with Gasteiger partial charge in [0.1, 0.15) is 0 Å². The maximum atomic E-state index is 4.12. The lowest BCUT2D eigenvalue weighted by atomic mass is 10.3. The van der Waals surface area contributed by atoms with Crippen LogP contribution in [0.3, 0.4) is 0 Å². The lowest BCUT2D eigenvalue weighted by molar-refractivity contribution is 0.701. The van der Waals surface area contributed by atoms with Gasteiger partial charge < -0.3 is 5.32 Å². The first kappa shape index (κ1) is 11.6. The molecule has 1 N–H and O–H groups in total. The van der Waals surface area contributed by atoms with E-state index in [9.17, 15) is 0 Å². The van der Waals surface area contributed by atoms with Gasteiger partial charge in [-0.05, 0) is 22.0 Å². The van der Waals surface area contributed by atoms with Crippen LogP contribution in [0, 0.1) is 0 Å². The third kappa shape index (κ3) is 3.04. The fourth-order valence-electron chi connectivity index (χ4n) is 1.35. The Balaban J connectivity index is 1.81. The normalized spacial score (nSPS) is 10.6. The molecule has 0 saturated carbocycles. The predicted molar refractivity (Wildman–Crippen MR) is 71.2 cm³/mol. The largest absolute Gasteiger partial charge is 0.308 e. The van der Waals surface area contributed by atoms with E-state index in [4.69, 9.17) is 0 Å². The summed E-state index contributed by atoms with van der Waals surface area (Å²) in [5.74, 6) is 0. The maximum absolute atomic E-state index is 4.12. The molecule has 0 aliphatic heterocycles. The Hall–Kier alpha value is -0.910. The average molecular weight is 298 g/mol. The van der Waals surface area contributed by atoms with E-state index in [0.717, 1.165) is 23.1 Å². The molecular weight excluding hydrogens is 286 g/mol. The molecule has 2 aromatic heterocycles. The number of hydrogen-bond donors (Lipinski definition) is 1. The summed E-state index contributed by atoms with van der Waals surface area (Å²) < 4.78 is 2.85. The Morgan fingerprint density at radius 3 is 3.06 bits per heavy atom. The van der Waals surface area contributed by atoms with Crippen LogP contribution >= 0.6 is 27.3 Å². The van der Waals surface area contributed by atoms with Gasteiger partial charge in [-0.3, -0.25) is 0 Å². The second-order valence-corrected chi connectivity index (χ2v) is 5.26. The number of nitrogens with zero attached hydrogens (tertiary/aromatic N) is 2. The molecule has 0 bridgehead atoms. The van der Waals surface area contributed by atoms with Crippen molar-refractivity contribution in [2.45, 2.75) is 13.1 Å². The fourth-order valence-corrected chi connectivity index (χ4v) is 2.77. The van der Waals surface area contributed by atoms with E-state index in [1.54, 1.807) is 22.2 Å². The molecule has 5 heteroatoms. The standard InChI is InChI=1S/C11H12BrN3S/c1-2-15-7-9(5-14-15)4-13-6-11-3-10(12)8-16-11/h2-3,5,7-8,13H,1,4,6H2. The molecular formula is C11H12BrN3S. The summed E-state index contributed by atoms with van der Waals surface area (Å²) in [6, 6.07) is 2.13. The minimum Gasteiger partial charge on any atom is -0.308 e. The van der Waals surface area contributed by atoms with Crippen molar-refractivity contribution in [3.05, 3.63) is 45.3 Å². The molecule has 0 aliphatic carbocycles. The van der Waals surface area contributed by atoms with E-state index in [1.807, 2.05) is 12.4 Å². The van der Waals surface area contributed by atoms with Crippen LogP contribution in [0.5, 0.6) is 0 Å². The molecule has 0 fully saturated rings. The van der Waals surface area contributed by atoms with Crippen LogP contribution in [0.25, 0.3) is 6.20 Å².